The van der Waals surface area contributed by atoms with E-state index in [1.807, 2.05) is 16.9 Å². The van der Waals surface area contributed by atoms with Crippen molar-refractivity contribution < 1.29 is 9.47 Å². The highest BCUT2D eigenvalue weighted by molar-refractivity contribution is 5.80. The number of methoxy groups -OCH3 is 1. The first-order valence-electron chi connectivity index (χ1n) is 6.95. The van der Waals surface area contributed by atoms with Gasteiger partial charge >= 0.3 is 0 Å². The molecule has 0 aliphatic carbocycles. The summed E-state index contributed by atoms with van der Waals surface area (Å²) >= 11 is 0. The van der Waals surface area contributed by atoms with Crippen LogP contribution in [0, 0.1) is 11.8 Å². The molecule has 3 rings (SSSR count). The van der Waals surface area contributed by atoms with E-state index in [2.05, 4.69) is 29.1 Å². The minimum Gasteiger partial charge on any atom is -0.372 e. The second kappa shape index (κ2) is 6.08. The van der Waals surface area contributed by atoms with Gasteiger partial charge < -0.3 is 9.47 Å². The van der Waals surface area contributed by atoms with Gasteiger partial charge in [-0.1, -0.05) is 11.8 Å². The third kappa shape index (κ3) is 2.69. The first kappa shape index (κ1) is 13.2. The van der Waals surface area contributed by atoms with Gasteiger partial charge in [-0.15, -0.1) is 0 Å². The van der Waals surface area contributed by atoms with Crippen molar-refractivity contribution in [3.8, 4) is 11.8 Å². The Morgan fingerprint density at radius 3 is 3.20 bits per heavy atom. The Labute approximate surface area is 118 Å². The monoisotopic (exact) mass is 270 g/mol. The summed E-state index contributed by atoms with van der Waals surface area (Å²) in [6, 6.07) is 6.15. The molecule has 0 bridgehead atoms. The second-order valence-electron chi connectivity index (χ2n) is 4.92. The average Bonchev–Trinajstić information content (AvgIpc) is 2.91. The van der Waals surface area contributed by atoms with Gasteiger partial charge in [0, 0.05) is 24.7 Å². The smallest absolute Gasteiger partial charge is 0.150 e. The van der Waals surface area contributed by atoms with E-state index in [0.29, 0.717) is 6.61 Å². The fourth-order valence-corrected chi connectivity index (χ4v) is 2.49. The number of hydrogen-bond acceptors (Lipinski definition) is 3. The van der Waals surface area contributed by atoms with Crippen molar-refractivity contribution in [1.82, 2.24) is 9.78 Å². The summed E-state index contributed by atoms with van der Waals surface area (Å²) in [7, 11) is 1.64. The van der Waals surface area contributed by atoms with Crippen molar-refractivity contribution in [2.24, 2.45) is 0 Å². The molecule has 20 heavy (non-hydrogen) atoms. The largest absolute Gasteiger partial charge is 0.372 e. The zero-order valence-corrected chi connectivity index (χ0v) is 11.6. The fraction of sp³-hybridized carbons (Fsp3) is 0.438. The Morgan fingerprint density at radius 1 is 1.45 bits per heavy atom. The highest BCUT2D eigenvalue weighted by Crippen LogP contribution is 2.26. The molecule has 1 saturated heterocycles. The molecule has 2 aromatic rings. The zero-order chi connectivity index (χ0) is 13.8. The van der Waals surface area contributed by atoms with Gasteiger partial charge in [0.1, 0.15) is 6.61 Å². The van der Waals surface area contributed by atoms with Crippen LogP contribution in [0.5, 0.6) is 0 Å². The summed E-state index contributed by atoms with van der Waals surface area (Å²) in [5.41, 5.74) is 2.09. The maximum atomic E-state index is 5.80. The zero-order valence-electron chi connectivity index (χ0n) is 11.6. The van der Waals surface area contributed by atoms with Crippen molar-refractivity contribution in [2.75, 3.05) is 20.3 Å². The molecule has 4 nitrogen and oxygen atoms in total. The number of hydrogen-bond donors (Lipinski definition) is 0. The summed E-state index contributed by atoms with van der Waals surface area (Å²) < 4.78 is 12.7. The molecular formula is C16H18N2O2. The maximum Gasteiger partial charge on any atom is 0.150 e. The minimum atomic E-state index is 0.0756. The topological polar surface area (TPSA) is 36.3 Å². The molecule has 0 N–H and O–H groups in total. The van der Waals surface area contributed by atoms with Crippen LogP contribution in [0.3, 0.4) is 0 Å². The number of rotatable bonds is 2. The predicted molar refractivity (Wildman–Crippen MR) is 77.3 cm³/mol. The van der Waals surface area contributed by atoms with Gasteiger partial charge in [0.15, 0.2) is 6.23 Å². The van der Waals surface area contributed by atoms with E-state index < -0.39 is 0 Å². The van der Waals surface area contributed by atoms with E-state index in [1.54, 1.807) is 7.11 Å². The third-order valence-electron chi connectivity index (χ3n) is 3.47. The molecule has 0 saturated carbocycles. The van der Waals surface area contributed by atoms with Crippen LogP contribution in [0.1, 0.15) is 31.1 Å². The van der Waals surface area contributed by atoms with Crippen LogP contribution in [0.4, 0.5) is 0 Å². The van der Waals surface area contributed by atoms with Gasteiger partial charge in [-0.05, 0) is 37.5 Å². The molecule has 1 aromatic carbocycles. The van der Waals surface area contributed by atoms with Crippen molar-refractivity contribution in [2.45, 2.75) is 25.5 Å². The SMILES string of the molecule is COCC#Cc1ccc2c(cnn2C2CCCCO2)c1. The van der Waals surface area contributed by atoms with Crippen LogP contribution in [0.15, 0.2) is 24.4 Å². The number of aromatic nitrogens is 2. The lowest BCUT2D eigenvalue weighted by atomic mass is 10.1. The van der Waals surface area contributed by atoms with Crippen molar-refractivity contribution in [3.63, 3.8) is 0 Å². The van der Waals surface area contributed by atoms with Crippen LogP contribution >= 0.6 is 0 Å². The average molecular weight is 270 g/mol. The van der Waals surface area contributed by atoms with Gasteiger partial charge in [-0.3, -0.25) is 0 Å². The van der Waals surface area contributed by atoms with Gasteiger partial charge in [0.25, 0.3) is 0 Å². The molecule has 1 aliphatic rings. The number of ether oxygens (including phenoxy) is 2. The molecule has 2 heterocycles. The standard InChI is InChI=1S/C16H18N2O2/c1-19-9-4-5-13-7-8-15-14(11-13)12-17-18(15)16-6-2-3-10-20-16/h7-8,11-12,16H,2-3,6,9-10H2,1H3. The quantitative estimate of drug-likeness (QED) is 0.787. The maximum absolute atomic E-state index is 5.80. The van der Waals surface area contributed by atoms with Crippen LogP contribution in [0.25, 0.3) is 10.9 Å². The van der Waals surface area contributed by atoms with E-state index in [1.165, 1.54) is 6.42 Å². The molecule has 0 amide bonds. The molecule has 0 radical (unpaired) electrons. The Bertz CT molecular complexity index is 645. The molecule has 4 heteroatoms. The van der Waals surface area contributed by atoms with Crippen LogP contribution in [-0.2, 0) is 9.47 Å². The second-order valence-corrected chi connectivity index (χ2v) is 4.92. The Morgan fingerprint density at radius 2 is 2.40 bits per heavy atom. The van der Waals surface area contributed by atoms with Gasteiger partial charge in [0.05, 0.1) is 11.7 Å². The lowest BCUT2D eigenvalue weighted by Crippen LogP contribution is -2.18. The molecule has 1 aromatic heterocycles. The van der Waals surface area contributed by atoms with E-state index in [4.69, 9.17) is 9.47 Å². The van der Waals surface area contributed by atoms with Crippen molar-refractivity contribution in [3.05, 3.63) is 30.0 Å². The highest BCUT2D eigenvalue weighted by Gasteiger charge is 2.18. The van der Waals surface area contributed by atoms with Crippen LogP contribution in [-0.4, -0.2) is 30.1 Å². The number of fused-ring (bicyclic) bond motifs is 1. The lowest BCUT2D eigenvalue weighted by molar-refractivity contribution is -0.0366. The van der Waals surface area contributed by atoms with Gasteiger partial charge in [-0.2, -0.15) is 5.10 Å². The number of nitrogens with zero attached hydrogens (tertiary/aromatic N) is 2. The van der Waals surface area contributed by atoms with E-state index in [9.17, 15) is 0 Å². The molecule has 1 unspecified atom stereocenters. The summed E-state index contributed by atoms with van der Waals surface area (Å²) in [5.74, 6) is 6.05. The predicted octanol–water partition coefficient (Wildman–Crippen LogP) is 2.73. The van der Waals surface area contributed by atoms with Gasteiger partial charge in [0.2, 0.25) is 0 Å². The Balaban J connectivity index is 1.88. The number of benzene rings is 1. The van der Waals surface area contributed by atoms with E-state index in [-0.39, 0.29) is 6.23 Å². The van der Waals surface area contributed by atoms with Crippen LogP contribution in [0.2, 0.25) is 0 Å². The molecule has 1 atom stereocenters. The van der Waals surface area contributed by atoms with E-state index in [0.717, 1.165) is 35.9 Å². The molecular weight excluding hydrogens is 252 g/mol. The summed E-state index contributed by atoms with van der Waals surface area (Å²) in [6.45, 7) is 1.28. The first-order valence-corrected chi connectivity index (χ1v) is 6.95. The Kier molecular flexibility index (Phi) is 4.00. The molecule has 104 valence electrons. The highest BCUT2D eigenvalue weighted by atomic mass is 16.5. The lowest BCUT2D eigenvalue weighted by Gasteiger charge is -2.23. The van der Waals surface area contributed by atoms with Crippen molar-refractivity contribution >= 4 is 10.9 Å². The van der Waals surface area contributed by atoms with Crippen LogP contribution < -0.4 is 0 Å². The molecule has 0 spiro atoms. The van der Waals surface area contributed by atoms with Crippen molar-refractivity contribution in [1.29, 1.82) is 0 Å². The summed E-state index contributed by atoms with van der Waals surface area (Å²) in [6.07, 6.45) is 5.34. The molecule has 1 fully saturated rings. The molecule has 1 aliphatic heterocycles. The summed E-state index contributed by atoms with van der Waals surface area (Å²) in [5, 5.41) is 5.58. The summed E-state index contributed by atoms with van der Waals surface area (Å²) in [4.78, 5) is 0. The third-order valence-corrected chi connectivity index (χ3v) is 3.47. The fourth-order valence-electron chi connectivity index (χ4n) is 2.49. The minimum absolute atomic E-state index is 0.0756. The van der Waals surface area contributed by atoms with E-state index >= 15 is 0 Å². The Hall–Kier alpha value is -1.83. The first-order chi connectivity index (χ1) is 9.88. The van der Waals surface area contributed by atoms with Gasteiger partial charge in [-0.25, -0.2) is 4.68 Å². The normalized spacial score (nSPS) is 18.8.